The molecule has 0 aliphatic carbocycles. The van der Waals surface area contributed by atoms with Crippen molar-refractivity contribution in [3.05, 3.63) is 35.3 Å². The van der Waals surface area contributed by atoms with Gasteiger partial charge in [0.15, 0.2) is 0 Å². The molecule has 20 heavy (non-hydrogen) atoms. The molecular weight excluding hydrogens is 260 g/mol. The van der Waals surface area contributed by atoms with E-state index < -0.39 is 5.97 Å². The average Bonchev–Trinajstić information content (AvgIpc) is 2.83. The maximum Gasteiger partial charge on any atom is 0.340 e. The van der Waals surface area contributed by atoms with Gasteiger partial charge in [0.25, 0.3) is 0 Å². The molecule has 0 saturated carbocycles. The first-order valence-electron chi connectivity index (χ1n) is 6.19. The van der Waals surface area contributed by atoms with Gasteiger partial charge < -0.3 is 20.3 Å². The summed E-state index contributed by atoms with van der Waals surface area (Å²) in [6, 6.07) is 3.33. The van der Waals surface area contributed by atoms with Crippen LogP contribution >= 0.6 is 0 Å². The van der Waals surface area contributed by atoms with Gasteiger partial charge in [-0.05, 0) is 19.9 Å². The van der Waals surface area contributed by atoms with Gasteiger partial charge in [-0.3, -0.25) is 0 Å². The van der Waals surface area contributed by atoms with Crippen LogP contribution in [0, 0.1) is 6.92 Å². The molecule has 0 fully saturated rings. The van der Waals surface area contributed by atoms with Crippen LogP contribution in [0.5, 0.6) is 0 Å². The van der Waals surface area contributed by atoms with Crippen LogP contribution in [0.15, 0.2) is 22.9 Å². The monoisotopic (exact) mass is 276 g/mol. The van der Waals surface area contributed by atoms with E-state index in [0.717, 1.165) is 11.5 Å². The van der Waals surface area contributed by atoms with Gasteiger partial charge >= 0.3 is 5.97 Å². The SMILES string of the molecule is CCOC(=O)c1ccnc(NCc2cc(C)on2)c1N. The van der Waals surface area contributed by atoms with Crippen molar-refractivity contribution in [2.75, 3.05) is 17.7 Å². The van der Waals surface area contributed by atoms with E-state index in [1.807, 2.05) is 6.92 Å². The van der Waals surface area contributed by atoms with E-state index in [0.29, 0.717) is 24.5 Å². The quantitative estimate of drug-likeness (QED) is 0.802. The zero-order valence-corrected chi connectivity index (χ0v) is 11.3. The topological polar surface area (TPSA) is 103 Å². The standard InChI is InChI=1S/C13H16N4O3/c1-3-19-13(18)10-4-5-15-12(11(10)14)16-7-9-6-8(2)20-17-9/h4-6H,3,7,14H2,1-2H3,(H,15,16). The van der Waals surface area contributed by atoms with Crippen molar-refractivity contribution in [2.24, 2.45) is 0 Å². The number of nitrogens with zero attached hydrogens (tertiary/aromatic N) is 2. The fraction of sp³-hybridized carbons (Fsp3) is 0.308. The average molecular weight is 276 g/mol. The highest BCUT2D eigenvalue weighted by atomic mass is 16.5. The third-order valence-electron chi connectivity index (χ3n) is 2.60. The zero-order chi connectivity index (χ0) is 14.5. The number of anilines is 2. The first kappa shape index (κ1) is 13.9. The molecule has 106 valence electrons. The minimum Gasteiger partial charge on any atom is -0.462 e. The lowest BCUT2D eigenvalue weighted by Crippen LogP contribution is -2.12. The molecule has 0 bridgehead atoms. The van der Waals surface area contributed by atoms with Crippen molar-refractivity contribution in [3.63, 3.8) is 0 Å². The van der Waals surface area contributed by atoms with Crippen LogP contribution in [-0.4, -0.2) is 22.7 Å². The van der Waals surface area contributed by atoms with Gasteiger partial charge in [-0.1, -0.05) is 5.16 Å². The molecule has 7 nitrogen and oxygen atoms in total. The molecule has 0 saturated heterocycles. The fourth-order valence-corrected chi connectivity index (χ4v) is 1.68. The highest BCUT2D eigenvalue weighted by molar-refractivity contribution is 5.97. The summed E-state index contributed by atoms with van der Waals surface area (Å²) in [6.07, 6.45) is 1.50. The van der Waals surface area contributed by atoms with Crippen molar-refractivity contribution >= 4 is 17.5 Å². The van der Waals surface area contributed by atoms with Crippen molar-refractivity contribution in [2.45, 2.75) is 20.4 Å². The molecule has 2 heterocycles. The summed E-state index contributed by atoms with van der Waals surface area (Å²) in [7, 11) is 0. The van der Waals surface area contributed by atoms with Crippen LogP contribution in [0.2, 0.25) is 0 Å². The Morgan fingerprint density at radius 2 is 2.35 bits per heavy atom. The highest BCUT2D eigenvalue weighted by Gasteiger charge is 2.14. The minimum absolute atomic E-state index is 0.256. The molecule has 0 amide bonds. The van der Waals surface area contributed by atoms with E-state index >= 15 is 0 Å². The number of hydrogen-bond acceptors (Lipinski definition) is 7. The molecule has 0 aliphatic heterocycles. The second kappa shape index (κ2) is 6.05. The van der Waals surface area contributed by atoms with Gasteiger partial charge in [0.2, 0.25) is 0 Å². The van der Waals surface area contributed by atoms with E-state index in [4.69, 9.17) is 15.0 Å². The maximum absolute atomic E-state index is 11.7. The number of hydrogen-bond donors (Lipinski definition) is 2. The molecular formula is C13H16N4O3. The number of rotatable bonds is 5. The molecule has 0 unspecified atom stereocenters. The summed E-state index contributed by atoms with van der Waals surface area (Å²) in [6.45, 7) is 4.24. The normalized spacial score (nSPS) is 10.3. The third-order valence-corrected chi connectivity index (χ3v) is 2.60. The summed E-state index contributed by atoms with van der Waals surface area (Å²) in [5, 5.41) is 6.86. The Balaban J connectivity index is 2.12. The molecule has 0 spiro atoms. The maximum atomic E-state index is 11.7. The number of nitrogens with two attached hydrogens (primary N) is 1. The smallest absolute Gasteiger partial charge is 0.340 e. The number of ether oxygens (including phenoxy) is 1. The first-order chi connectivity index (χ1) is 9.61. The molecule has 0 radical (unpaired) electrons. The van der Waals surface area contributed by atoms with E-state index in [1.54, 1.807) is 13.0 Å². The Bertz CT molecular complexity index is 609. The molecule has 2 aromatic rings. The summed E-state index contributed by atoms with van der Waals surface area (Å²) in [4.78, 5) is 15.8. The highest BCUT2D eigenvalue weighted by Crippen LogP contribution is 2.21. The number of nitrogens with one attached hydrogen (secondary N) is 1. The Morgan fingerprint density at radius 3 is 3.00 bits per heavy atom. The lowest BCUT2D eigenvalue weighted by molar-refractivity contribution is 0.0527. The van der Waals surface area contributed by atoms with Crippen LogP contribution in [0.3, 0.4) is 0 Å². The van der Waals surface area contributed by atoms with Crippen LogP contribution in [0.25, 0.3) is 0 Å². The number of carbonyl (C=O) groups excluding carboxylic acids is 1. The number of pyridine rings is 1. The van der Waals surface area contributed by atoms with E-state index in [1.165, 1.54) is 12.3 Å². The number of esters is 1. The summed E-state index contributed by atoms with van der Waals surface area (Å²) >= 11 is 0. The molecule has 2 rings (SSSR count). The van der Waals surface area contributed by atoms with Crippen LogP contribution in [0.1, 0.15) is 28.7 Å². The molecule has 0 aromatic carbocycles. The fourth-order valence-electron chi connectivity index (χ4n) is 1.68. The van der Waals surface area contributed by atoms with Gasteiger partial charge in [-0.2, -0.15) is 0 Å². The van der Waals surface area contributed by atoms with Crippen molar-refractivity contribution < 1.29 is 14.1 Å². The second-order valence-corrected chi connectivity index (χ2v) is 4.12. The largest absolute Gasteiger partial charge is 0.462 e. The van der Waals surface area contributed by atoms with Gasteiger partial charge in [-0.15, -0.1) is 0 Å². The molecule has 3 N–H and O–H groups in total. The Morgan fingerprint density at radius 1 is 1.55 bits per heavy atom. The molecule has 0 aliphatic rings. The van der Waals surface area contributed by atoms with E-state index in [2.05, 4.69) is 15.5 Å². The minimum atomic E-state index is -0.465. The lowest BCUT2D eigenvalue weighted by Gasteiger charge is -2.10. The number of aryl methyl sites for hydroxylation is 1. The van der Waals surface area contributed by atoms with Gasteiger partial charge in [0, 0.05) is 12.3 Å². The Hall–Kier alpha value is -2.57. The zero-order valence-electron chi connectivity index (χ0n) is 11.3. The van der Waals surface area contributed by atoms with E-state index in [9.17, 15) is 4.79 Å². The van der Waals surface area contributed by atoms with Crippen molar-refractivity contribution in [1.82, 2.24) is 10.1 Å². The molecule has 7 heteroatoms. The van der Waals surface area contributed by atoms with Gasteiger partial charge in [-0.25, -0.2) is 9.78 Å². The molecule has 0 atom stereocenters. The summed E-state index contributed by atoms with van der Waals surface area (Å²) in [5.41, 5.74) is 7.19. The number of aromatic nitrogens is 2. The van der Waals surface area contributed by atoms with Crippen molar-refractivity contribution in [1.29, 1.82) is 0 Å². The lowest BCUT2D eigenvalue weighted by atomic mass is 10.2. The number of nitrogen functional groups attached to an aromatic ring is 1. The predicted octanol–water partition coefficient (Wildman–Crippen LogP) is 1.75. The third kappa shape index (κ3) is 3.05. The second-order valence-electron chi connectivity index (χ2n) is 4.12. The van der Waals surface area contributed by atoms with Crippen LogP contribution in [0.4, 0.5) is 11.5 Å². The summed E-state index contributed by atoms with van der Waals surface area (Å²) < 4.78 is 9.89. The Kier molecular flexibility index (Phi) is 4.19. The van der Waals surface area contributed by atoms with Crippen LogP contribution in [-0.2, 0) is 11.3 Å². The number of carbonyl (C=O) groups is 1. The van der Waals surface area contributed by atoms with Crippen LogP contribution < -0.4 is 11.1 Å². The Labute approximate surface area is 116 Å². The van der Waals surface area contributed by atoms with Gasteiger partial charge in [0.05, 0.1) is 24.4 Å². The van der Waals surface area contributed by atoms with Gasteiger partial charge in [0.1, 0.15) is 17.3 Å². The first-order valence-corrected chi connectivity index (χ1v) is 6.19. The predicted molar refractivity (Wildman–Crippen MR) is 73.2 cm³/mol. The summed E-state index contributed by atoms with van der Waals surface area (Å²) in [5.74, 6) is 0.673. The van der Waals surface area contributed by atoms with E-state index in [-0.39, 0.29) is 5.69 Å². The molecule has 2 aromatic heterocycles. The van der Waals surface area contributed by atoms with Crippen molar-refractivity contribution in [3.8, 4) is 0 Å².